The molecule has 31 heavy (non-hydrogen) atoms. The van der Waals surface area contributed by atoms with E-state index in [1.165, 1.54) is 6.92 Å². The number of nitrogens with one attached hydrogen (secondary N) is 1. The molecule has 162 valence electrons. The number of rotatable bonds is 8. The summed E-state index contributed by atoms with van der Waals surface area (Å²) in [6.45, 7) is 1.74. The number of benzene rings is 3. The molecule has 3 aromatic carbocycles. The maximum atomic E-state index is 12.7. The number of halogens is 1. The van der Waals surface area contributed by atoms with Crippen LogP contribution in [0.3, 0.4) is 0 Å². The molecular formula is C23H23ClN2O4S. The number of carbonyl (C=O) groups excluding carboxylic acids is 1. The summed E-state index contributed by atoms with van der Waals surface area (Å²) in [4.78, 5) is 12.7. The number of carbonyl (C=O) groups is 1. The predicted octanol–water partition coefficient (Wildman–Crippen LogP) is 4.60. The zero-order chi connectivity index (χ0) is 22.4. The first-order chi connectivity index (χ1) is 14.8. The maximum Gasteiger partial charge on any atom is 0.243 e. The molecule has 0 saturated heterocycles. The Bertz CT molecular complexity index is 1140. The van der Waals surface area contributed by atoms with Gasteiger partial charge in [-0.05, 0) is 55.0 Å². The molecule has 0 heterocycles. The lowest BCUT2D eigenvalue weighted by Crippen LogP contribution is -2.47. The van der Waals surface area contributed by atoms with Crippen LogP contribution in [0.5, 0.6) is 11.5 Å². The molecule has 1 N–H and O–H groups in total. The number of hydrogen-bond donors (Lipinski definition) is 1. The topological polar surface area (TPSA) is 75.7 Å². The Balaban J connectivity index is 1.75. The summed E-state index contributed by atoms with van der Waals surface area (Å²) in [5.74, 6) is 0.789. The van der Waals surface area contributed by atoms with Gasteiger partial charge in [-0.1, -0.05) is 48.0 Å². The van der Waals surface area contributed by atoms with Crippen molar-refractivity contribution < 1.29 is 17.9 Å². The summed E-state index contributed by atoms with van der Waals surface area (Å²) in [6, 6.07) is 22.0. The van der Waals surface area contributed by atoms with Crippen LogP contribution in [0.4, 0.5) is 5.69 Å². The molecule has 0 radical (unpaired) electrons. The fraction of sp³-hybridized carbons (Fsp3) is 0.174. The lowest BCUT2D eigenvalue weighted by atomic mass is 10.2. The van der Waals surface area contributed by atoms with Gasteiger partial charge in [0, 0.05) is 11.6 Å². The van der Waals surface area contributed by atoms with Gasteiger partial charge in [0.25, 0.3) is 0 Å². The molecule has 0 aliphatic rings. The Labute approximate surface area is 187 Å². The van der Waals surface area contributed by atoms with Crippen molar-refractivity contribution >= 4 is 33.2 Å². The van der Waals surface area contributed by atoms with E-state index < -0.39 is 22.0 Å². The number of ether oxygens (including phenoxy) is 1. The summed E-state index contributed by atoms with van der Waals surface area (Å²) in [5.41, 5.74) is 1.11. The molecule has 3 aromatic rings. The number of anilines is 1. The Morgan fingerprint density at radius 1 is 0.968 bits per heavy atom. The highest BCUT2D eigenvalue weighted by molar-refractivity contribution is 7.92. The van der Waals surface area contributed by atoms with Gasteiger partial charge in [-0.2, -0.15) is 0 Å². The van der Waals surface area contributed by atoms with Crippen molar-refractivity contribution in [2.45, 2.75) is 19.5 Å². The van der Waals surface area contributed by atoms with Crippen LogP contribution in [0.2, 0.25) is 5.02 Å². The third-order valence-corrected chi connectivity index (χ3v) is 6.18. The van der Waals surface area contributed by atoms with Gasteiger partial charge in [0.2, 0.25) is 15.9 Å². The average Bonchev–Trinajstić information content (AvgIpc) is 2.74. The van der Waals surface area contributed by atoms with E-state index in [1.807, 2.05) is 36.4 Å². The van der Waals surface area contributed by atoms with Crippen molar-refractivity contribution in [3.05, 3.63) is 89.4 Å². The molecule has 1 amide bonds. The highest BCUT2D eigenvalue weighted by atomic mass is 35.5. The highest BCUT2D eigenvalue weighted by Crippen LogP contribution is 2.27. The van der Waals surface area contributed by atoms with Gasteiger partial charge in [0.05, 0.1) is 11.9 Å². The molecule has 0 saturated carbocycles. The zero-order valence-corrected chi connectivity index (χ0v) is 18.7. The highest BCUT2D eigenvalue weighted by Gasteiger charge is 2.29. The molecule has 0 aliphatic heterocycles. The van der Waals surface area contributed by atoms with Crippen LogP contribution in [0, 0.1) is 0 Å². The van der Waals surface area contributed by atoms with E-state index in [9.17, 15) is 13.2 Å². The van der Waals surface area contributed by atoms with E-state index in [2.05, 4.69) is 5.32 Å². The first-order valence-corrected chi connectivity index (χ1v) is 11.8. The smallest absolute Gasteiger partial charge is 0.243 e. The molecule has 0 unspecified atom stereocenters. The molecule has 0 spiro atoms. The lowest BCUT2D eigenvalue weighted by molar-refractivity contribution is -0.122. The van der Waals surface area contributed by atoms with Crippen LogP contribution < -0.4 is 14.4 Å². The van der Waals surface area contributed by atoms with E-state index >= 15 is 0 Å². The van der Waals surface area contributed by atoms with Crippen LogP contribution in [0.15, 0.2) is 78.9 Å². The summed E-state index contributed by atoms with van der Waals surface area (Å²) in [5, 5.41) is 3.28. The van der Waals surface area contributed by atoms with Gasteiger partial charge in [-0.3, -0.25) is 9.10 Å². The Hall–Kier alpha value is -3.03. The third kappa shape index (κ3) is 5.99. The van der Waals surface area contributed by atoms with Gasteiger partial charge in [-0.25, -0.2) is 8.42 Å². The van der Waals surface area contributed by atoms with E-state index in [0.717, 1.165) is 16.1 Å². The first-order valence-electron chi connectivity index (χ1n) is 9.59. The van der Waals surface area contributed by atoms with Gasteiger partial charge in [-0.15, -0.1) is 0 Å². The fourth-order valence-corrected chi connectivity index (χ4v) is 4.44. The minimum absolute atomic E-state index is 0.199. The number of nitrogens with zero attached hydrogens (tertiary/aromatic N) is 1. The van der Waals surface area contributed by atoms with Crippen LogP contribution in [0.1, 0.15) is 12.5 Å². The van der Waals surface area contributed by atoms with E-state index in [4.69, 9.17) is 16.3 Å². The van der Waals surface area contributed by atoms with Gasteiger partial charge >= 0.3 is 0 Å². The van der Waals surface area contributed by atoms with E-state index in [0.29, 0.717) is 22.2 Å². The van der Waals surface area contributed by atoms with Crippen LogP contribution in [-0.4, -0.2) is 26.6 Å². The number of hydrogen-bond acceptors (Lipinski definition) is 4. The molecule has 0 aromatic heterocycles. The van der Waals surface area contributed by atoms with Crippen molar-refractivity contribution in [1.82, 2.24) is 5.32 Å². The molecule has 0 aliphatic carbocycles. The summed E-state index contributed by atoms with van der Waals surface area (Å²) < 4.78 is 31.8. The Kier molecular flexibility index (Phi) is 7.20. The summed E-state index contributed by atoms with van der Waals surface area (Å²) in [6.07, 6.45) is 1.07. The van der Waals surface area contributed by atoms with Gasteiger partial charge in [0.1, 0.15) is 17.5 Å². The maximum absolute atomic E-state index is 12.7. The minimum Gasteiger partial charge on any atom is -0.457 e. The number of amides is 1. The summed E-state index contributed by atoms with van der Waals surface area (Å²) in [7, 11) is -3.72. The number of sulfonamides is 1. The van der Waals surface area contributed by atoms with Crippen molar-refractivity contribution in [1.29, 1.82) is 0 Å². The van der Waals surface area contributed by atoms with Crippen LogP contribution in [0.25, 0.3) is 0 Å². The third-order valence-electron chi connectivity index (χ3n) is 4.57. The quantitative estimate of drug-likeness (QED) is 0.535. The summed E-state index contributed by atoms with van der Waals surface area (Å²) >= 11 is 6.12. The predicted molar refractivity (Wildman–Crippen MR) is 123 cm³/mol. The standard InChI is InChI=1S/C23H23ClN2O4S/c1-17(23(27)25-16-18-8-6-7-11-22(18)24)26(31(2,28)29)19-12-14-21(15-13-19)30-20-9-4-3-5-10-20/h3-15,17H,16H2,1-2H3,(H,25,27)/t17-/m0/s1. The Morgan fingerprint density at radius 2 is 1.55 bits per heavy atom. The van der Waals surface area contributed by atoms with E-state index in [1.54, 1.807) is 42.5 Å². The second-order valence-electron chi connectivity index (χ2n) is 6.95. The van der Waals surface area contributed by atoms with Gasteiger partial charge < -0.3 is 10.1 Å². The fourth-order valence-electron chi connectivity index (χ4n) is 3.07. The SMILES string of the molecule is C[C@@H](C(=O)NCc1ccccc1Cl)N(c1ccc(Oc2ccccc2)cc1)S(C)(=O)=O. The molecule has 0 bridgehead atoms. The van der Waals surface area contributed by atoms with Crippen molar-refractivity contribution in [2.75, 3.05) is 10.6 Å². The van der Waals surface area contributed by atoms with Crippen molar-refractivity contribution in [3.8, 4) is 11.5 Å². The first kappa shape index (κ1) is 22.7. The van der Waals surface area contributed by atoms with Crippen LogP contribution in [-0.2, 0) is 21.4 Å². The number of para-hydroxylation sites is 1. The largest absolute Gasteiger partial charge is 0.457 e. The zero-order valence-electron chi connectivity index (χ0n) is 17.2. The molecule has 1 atom stereocenters. The molecule has 0 fully saturated rings. The second-order valence-corrected chi connectivity index (χ2v) is 9.22. The van der Waals surface area contributed by atoms with E-state index in [-0.39, 0.29) is 6.54 Å². The minimum atomic E-state index is -3.72. The second kappa shape index (κ2) is 9.85. The van der Waals surface area contributed by atoms with Crippen molar-refractivity contribution in [3.63, 3.8) is 0 Å². The van der Waals surface area contributed by atoms with Crippen molar-refractivity contribution in [2.24, 2.45) is 0 Å². The normalized spacial score (nSPS) is 12.1. The van der Waals surface area contributed by atoms with Gasteiger partial charge in [0.15, 0.2) is 0 Å². The van der Waals surface area contributed by atoms with Crippen LogP contribution >= 0.6 is 11.6 Å². The molecule has 3 rings (SSSR count). The Morgan fingerprint density at radius 3 is 2.16 bits per heavy atom. The molecular weight excluding hydrogens is 436 g/mol. The average molecular weight is 459 g/mol. The lowest BCUT2D eigenvalue weighted by Gasteiger charge is -2.28. The molecule has 8 heteroatoms. The monoisotopic (exact) mass is 458 g/mol. The molecule has 6 nitrogen and oxygen atoms in total.